The number of nitro benzene ring substituents is 1. The fraction of sp³-hybridized carbons (Fsp3) is 0.250. The number of oxazole rings is 1. The van der Waals surface area contributed by atoms with E-state index in [-0.39, 0.29) is 5.69 Å². The van der Waals surface area contributed by atoms with Gasteiger partial charge in [0.25, 0.3) is 10.9 Å². The Labute approximate surface area is 114 Å². The molecule has 7 heteroatoms. The average Bonchev–Trinajstić information content (AvgIpc) is 2.67. The van der Waals surface area contributed by atoms with Gasteiger partial charge in [0, 0.05) is 29.8 Å². The van der Waals surface area contributed by atoms with Crippen LogP contribution >= 0.6 is 11.8 Å². The Kier molecular flexibility index (Phi) is 3.75. The first kappa shape index (κ1) is 13.4. The van der Waals surface area contributed by atoms with Crippen molar-refractivity contribution in [1.82, 2.24) is 4.98 Å². The monoisotopic (exact) mass is 279 g/mol. The summed E-state index contributed by atoms with van der Waals surface area (Å²) in [5.41, 5.74) is 1.54. The maximum atomic E-state index is 10.9. The van der Waals surface area contributed by atoms with Gasteiger partial charge in [0.2, 0.25) is 0 Å². The molecule has 0 aliphatic carbocycles. The number of anilines is 1. The lowest BCUT2D eigenvalue weighted by Crippen LogP contribution is -1.93. The summed E-state index contributed by atoms with van der Waals surface area (Å²) >= 11 is 1.26. The number of aromatic nitrogens is 1. The van der Waals surface area contributed by atoms with Crippen LogP contribution < -0.4 is 5.32 Å². The van der Waals surface area contributed by atoms with Crippen LogP contribution in [0.3, 0.4) is 0 Å². The maximum Gasteiger partial charge on any atom is 0.272 e. The molecule has 1 heterocycles. The molecule has 0 saturated heterocycles. The van der Waals surface area contributed by atoms with Crippen molar-refractivity contribution in [1.29, 1.82) is 0 Å². The lowest BCUT2D eigenvalue weighted by Gasteiger charge is -2.03. The van der Waals surface area contributed by atoms with Gasteiger partial charge in [-0.1, -0.05) is 0 Å². The molecule has 0 atom stereocenters. The Balaban J connectivity index is 2.33. The molecule has 1 N–H and O–H groups in total. The smallest absolute Gasteiger partial charge is 0.272 e. The third kappa shape index (κ3) is 3.05. The summed E-state index contributed by atoms with van der Waals surface area (Å²) in [6.07, 6.45) is 0. The van der Waals surface area contributed by atoms with Crippen molar-refractivity contribution in [2.75, 3.05) is 12.4 Å². The molecule has 19 heavy (non-hydrogen) atoms. The quantitative estimate of drug-likeness (QED) is 0.682. The van der Waals surface area contributed by atoms with E-state index < -0.39 is 4.92 Å². The zero-order chi connectivity index (χ0) is 14.0. The van der Waals surface area contributed by atoms with E-state index in [2.05, 4.69) is 10.3 Å². The molecule has 100 valence electrons. The molecule has 1 aromatic heterocycles. The van der Waals surface area contributed by atoms with Crippen LogP contribution in [0.25, 0.3) is 0 Å². The zero-order valence-corrected chi connectivity index (χ0v) is 11.6. The molecule has 1 aromatic carbocycles. The SMILES string of the molecule is CNc1cc(Sc2nc(C)c(C)o2)cc([N+](=O)[O-])c1. The molecule has 0 spiro atoms. The topological polar surface area (TPSA) is 81.2 Å². The predicted octanol–water partition coefficient (Wildman–Crippen LogP) is 3.39. The van der Waals surface area contributed by atoms with Crippen molar-refractivity contribution in [2.45, 2.75) is 24.0 Å². The Hall–Kier alpha value is -2.02. The van der Waals surface area contributed by atoms with Gasteiger partial charge in [0.05, 0.1) is 10.6 Å². The van der Waals surface area contributed by atoms with Crippen LogP contribution in [0.4, 0.5) is 11.4 Å². The highest BCUT2D eigenvalue weighted by molar-refractivity contribution is 7.99. The molecule has 0 saturated carbocycles. The van der Waals surface area contributed by atoms with Crippen LogP contribution in [0, 0.1) is 24.0 Å². The van der Waals surface area contributed by atoms with E-state index >= 15 is 0 Å². The van der Waals surface area contributed by atoms with E-state index in [1.165, 1.54) is 23.9 Å². The third-order valence-corrected chi connectivity index (χ3v) is 3.43. The van der Waals surface area contributed by atoms with E-state index in [0.29, 0.717) is 15.8 Å². The Morgan fingerprint density at radius 2 is 2.11 bits per heavy atom. The molecule has 0 bridgehead atoms. The minimum absolute atomic E-state index is 0.0364. The number of hydrogen-bond acceptors (Lipinski definition) is 6. The lowest BCUT2D eigenvalue weighted by atomic mass is 10.3. The summed E-state index contributed by atoms with van der Waals surface area (Å²) in [5, 5.41) is 14.2. The normalized spacial score (nSPS) is 10.5. The van der Waals surface area contributed by atoms with Gasteiger partial charge in [-0.3, -0.25) is 10.1 Å². The van der Waals surface area contributed by atoms with Crippen molar-refractivity contribution < 1.29 is 9.34 Å². The summed E-state index contributed by atoms with van der Waals surface area (Å²) in [4.78, 5) is 15.4. The molecular weight excluding hydrogens is 266 g/mol. The molecule has 2 aromatic rings. The highest BCUT2D eigenvalue weighted by Crippen LogP contribution is 2.33. The molecule has 6 nitrogen and oxygen atoms in total. The Morgan fingerprint density at radius 3 is 2.63 bits per heavy atom. The summed E-state index contributed by atoms with van der Waals surface area (Å²) in [6.45, 7) is 3.69. The molecule has 0 unspecified atom stereocenters. The van der Waals surface area contributed by atoms with Gasteiger partial charge in [0.1, 0.15) is 5.76 Å². The predicted molar refractivity (Wildman–Crippen MR) is 72.7 cm³/mol. The summed E-state index contributed by atoms with van der Waals surface area (Å²) < 4.78 is 5.45. The minimum atomic E-state index is -0.420. The van der Waals surface area contributed by atoms with E-state index in [4.69, 9.17) is 4.42 Å². The molecule has 2 rings (SSSR count). The van der Waals surface area contributed by atoms with Gasteiger partial charge in [0.15, 0.2) is 0 Å². The van der Waals surface area contributed by atoms with Gasteiger partial charge >= 0.3 is 0 Å². The summed E-state index contributed by atoms with van der Waals surface area (Å²) in [6, 6.07) is 4.79. The largest absolute Gasteiger partial charge is 0.436 e. The van der Waals surface area contributed by atoms with Crippen molar-refractivity contribution in [3.05, 3.63) is 39.8 Å². The minimum Gasteiger partial charge on any atom is -0.436 e. The molecule has 0 aliphatic rings. The molecule has 0 fully saturated rings. The fourth-order valence-corrected chi connectivity index (χ4v) is 2.40. The van der Waals surface area contributed by atoms with E-state index in [1.54, 1.807) is 7.05 Å². The van der Waals surface area contributed by atoms with Gasteiger partial charge in [-0.25, -0.2) is 4.98 Å². The second-order valence-electron chi connectivity index (χ2n) is 3.95. The van der Waals surface area contributed by atoms with E-state index in [9.17, 15) is 10.1 Å². The fourth-order valence-electron chi connectivity index (χ4n) is 1.48. The summed E-state index contributed by atoms with van der Waals surface area (Å²) in [7, 11) is 1.72. The van der Waals surface area contributed by atoms with Crippen molar-refractivity contribution in [2.24, 2.45) is 0 Å². The highest BCUT2D eigenvalue weighted by Gasteiger charge is 2.13. The molecule has 0 aliphatic heterocycles. The van der Waals surface area contributed by atoms with Gasteiger partial charge in [-0.05, 0) is 31.7 Å². The number of non-ortho nitro benzene ring substituents is 1. The Bertz CT molecular complexity index is 605. The lowest BCUT2D eigenvalue weighted by molar-refractivity contribution is -0.385. The van der Waals surface area contributed by atoms with Crippen LogP contribution in [0.2, 0.25) is 0 Å². The van der Waals surface area contributed by atoms with Crippen LogP contribution in [0.5, 0.6) is 0 Å². The van der Waals surface area contributed by atoms with Crippen molar-refractivity contribution in [3.8, 4) is 0 Å². The number of nitro groups is 1. The second kappa shape index (κ2) is 5.31. The standard InChI is InChI=1S/C12H13N3O3S/c1-7-8(2)18-12(14-7)19-11-5-9(13-3)4-10(6-11)15(16)17/h4-6,13H,1-3H3. The second-order valence-corrected chi connectivity index (χ2v) is 4.97. The van der Waals surface area contributed by atoms with Crippen LogP contribution in [-0.2, 0) is 0 Å². The van der Waals surface area contributed by atoms with Crippen molar-refractivity contribution >= 4 is 23.1 Å². The van der Waals surface area contributed by atoms with Crippen LogP contribution in [-0.4, -0.2) is 17.0 Å². The zero-order valence-electron chi connectivity index (χ0n) is 10.8. The van der Waals surface area contributed by atoms with Crippen LogP contribution in [0.1, 0.15) is 11.5 Å². The molecule has 0 amide bonds. The highest BCUT2D eigenvalue weighted by atomic mass is 32.2. The first-order chi connectivity index (χ1) is 8.99. The first-order valence-corrected chi connectivity index (χ1v) is 6.40. The van der Waals surface area contributed by atoms with Gasteiger partial charge in [-0.15, -0.1) is 0 Å². The number of rotatable bonds is 4. The summed E-state index contributed by atoms with van der Waals surface area (Å²) in [5.74, 6) is 0.752. The molecule has 0 radical (unpaired) electrons. The Morgan fingerprint density at radius 1 is 1.37 bits per heavy atom. The number of aryl methyl sites for hydroxylation is 2. The first-order valence-electron chi connectivity index (χ1n) is 5.58. The van der Waals surface area contributed by atoms with E-state index in [1.807, 2.05) is 19.9 Å². The van der Waals surface area contributed by atoms with Gasteiger partial charge in [-0.2, -0.15) is 0 Å². The van der Waals surface area contributed by atoms with Crippen molar-refractivity contribution in [3.63, 3.8) is 0 Å². The molecular formula is C12H13N3O3S. The van der Waals surface area contributed by atoms with Gasteiger partial charge < -0.3 is 9.73 Å². The third-order valence-electron chi connectivity index (χ3n) is 2.60. The van der Waals surface area contributed by atoms with Crippen LogP contribution in [0.15, 0.2) is 32.7 Å². The van der Waals surface area contributed by atoms with E-state index in [0.717, 1.165) is 11.5 Å². The maximum absolute atomic E-state index is 10.9. The number of hydrogen-bond donors (Lipinski definition) is 1. The number of nitrogens with zero attached hydrogens (tertiary/aromatic N) is 2. The average molecular weight is 279 g/mol. The number of benzene rings is 1. The number of nitrogens with one attached hydrogen (secondary N) is 1.